The van der Waals surface area contributed by atoms with E-state index in [0.717, 1.165) is 0 Å². The molecule has 2 rings (SSSR count). The van der Waals surface area contributed by atoms with Crippen molar-refractivity contribution in [3.05, 3.63) is 35.4 Å². The van der Waals surface area contributed by atoms with Crippen molar-refractivity contribution in [2.45, 2.75) is 13.1 Å². The first-order chi connectivity index (χ1) is 8.88. The predicted molar refractivity (Wildman–Crippen MR) is 58.3 cm³/mol. The van der Waals surface area contributed by atoms with Gasteiger partial charge in [-0.1, -0.05) is 0 Å². The zero-order chi connectivity index (χ0) is 14.0. The molecular weight excluding hydrogens is 263 g/mol. The van der Waals surface area contributed by atoms with Crippen molar-refractivity contribution >= 4 is 11.9 Å². The number of amides is 1. The van der Waals surface area contributed by atoms with Crippen LogP contribution in [0.4, 0.5) is 19.1 Å². The van der Waals surface area contributed by atoms with Crippen molar-refractivity contribution in [3.63, 3.8) is 0 Å². The number of nitrogens with one attached hydrogen (secondary N) is 2. The molecule has 0 aliphatic heterocycles. The summed E-state index contributed by atoms with van der Waals surface area (Å²) in [7, 11) is 0. The molecule has 0 spiro atoms. The molecule has 0 fully saturated rings. The van der Waals surface area contributed by atoms with Gasteiger partial charge in [-0.25, -0.2) is 0 Å². The number of nitrogens with zero attached hydrogens (tertiary/aromatic N) is 3. The van der Waals surface area contributed by atoms with Crippen molar-refractivity contribution in [2.75, 3.05) is 5.32 Å². The molecule has 0 saturated carbocycles. The third-order valence-electron chi connectivity index (χ3n) is 2.23. The minimum atomic E-state index is -4.64. The van der Waals surface area contributed by atoms with E-state index in [1.807, 2.05) is 0 Å². The number of hydrogen-bond donors (Lipinski definition) is 2. The summed E-state index contributed by atoms with van der Waals surface area (Å²) in [5.41, 5.74) is 0.687. The number of H-pyrrole nitrogens is 1. The van der Waals surface area contributed by atoms with E-state index in [-0.39, 0.29) is 5.56 Å². The maximum atomic E-state index is 12.3. The number of aryl methyl sites for hydroxylation is 1. The van der Waals surface area contributed by atoms with Crippen LogP contribution in [-0.2, 0) is 6.18 Å². The van der Waals surface area contributed by atoms with Gasteiger partial charge in [-0.15, -0.1) is 5.10 Å². The highest BCUT2D eigenvalue weighted by molar-refractivity contribution is 6.03. The van der Waals surface area contributed by atoms with Crippen LogP contribution in [0, 0.1) is 6.92 Å². The second-order valence-corrected chi connectivity index (χ2v) is 3.60. The molecule has 0 aliphatic carbocycles. The number of carbonyl (C=O) groups is 1. The molecule has 2 N–H and O–H groups in total. The van der Waals surface area contributed by atoms with E-state index in [1.165, 1.54) is 12.3 Å². The third kappa shape index (κ3) is 2.87. The monoisotopic (exact) mass is 271 g/mol. The Morgan fingerprint density at radius 2 is 2.16 bits per heavy atom. The van der Waals surface area contributed by atoms with Gasteiger partial charge in [0.15, 0.2) is 0 Å². The molecule has 0 saturated heterocycles. The fourth-order valence-electron chi connectivity index (χ4n) is 1.34. The minimum absolute atomic E-state index is 0.237. The van der Waals surface area contributed by atoms with Crippen LogP contribution < -0.4 is 5.32 Å². The molecule has 1 amide bonds. The maximum Gasteiger partial charge on any atom is 0.451 e. The van der Waals surface area contributed by atoms with Crippen LogP contribution >= 0.6 is 0 Å². The van der Waals surface area contributed by atoms with Crippen LogP contribution in [0.15, 0.2) is 18.3 Å². The van der Waals surface area contributed by atoms with E-state index >= 15 is 0 Å². The van der Waals surface area contributed by atoms with E-state index in [9.17, 15) is 18.0 Å². The number of aromatic nitrogens is 4. The molecule has 0 aromatic carbocycles. The minimum Gasteiger partial charge on any atom is -0.289 e. The van der Waals surface area contributed by atoms with Gasteiger partial charge in [0.25, 0.3) is 5.91 Å². The molecular formula is C10H8F3N5O. The van der Waals surface area contributed by atoms with Crippen LogP contribution in [0.2, 0.25) is 0 Å². The van der Waals surface area contributed by atoms with Gasteiger partial charge < -0.3 is 0 Å². The normalized spacial score (nSPS) is 11.4. The number of carbonyl (C=O) groups excluding carboxylic acids is 1. The van der Waals surface area contributed by atoms with Crippen molar-refractivity contribution in [3.8, 4) is 0 Å². The Morgan fingerprint density at radius 1 is 1.42 bits per heavy atom. The summed E-state index contributed by atoms with van der Waals surface area (Å²) < 4.78 is 36.8. The molecule has 0 atom stereocenters. The van der Waals surface area contributed by atoms with Crippen molar-refractivity contribution in [1.29, 1.82) is 0 Å². The first-order valence-corrected chi connectivity index (χ1v) is 5.10. The van der Waals surface area contributed by atoms with Gasteiger partial charge >= 0.3 is 6.18 Å². The summed E-state index contributed by atoms with van der Waals surface area (Å²) in [5, 5.41) is 7.13. The largest absolute Gasteiger partial charge is 0.451 e. The summed E-state index contributed by atoms with van der Waals surface area (Å²) in [4.78, 5) is 18.8. The van der Waals surface area contributed by atoms with Gasteiger partial charge in [0, 0.05) is 11.9 Å². The van der Waals surface area contributed by atoms with E-state index in [2.05, 4.69) is 20.4 Å². The van der Waals surface area contributed by atoms with E-state index in [4.69, 9.17) is 0 Å². The van der Waals surface area contributed by atoms with Gasteiger partial charge in [-0.05, 0) is 19.1 Å². The Morgan fingerprint density at radius 3 is 2.74 bits per heavy atom. The average molecular weight is 271 g/mol. The molecule has 6 nitrogen and oxygen atoms in total. The highest BCUT2D eigenvalue weighted by Gasteiger charge is 2.35. The Bertz CT molecular complexity index is 607. The zero-order valence-corrected chi connectivity index (χ0v) is 9.62. The Labute approximate surface area is 105 Å². The van der Waals surface area contributed by atoms with Gasteiger partial charge in [0.2, 0.25) is 11.8 Å². The Hall–Kier alpha value is -2.45. The Balaban J connectivity index is 2.16. The van der Waals surface area contributed by atoms with Crippen molar-refractivity contribution in [1.82, 2.24) is 20.2 Å². The molecule has 0 radical (unpaired) electrons. The van der Waals surface area contributed by atoms with Crippen LogP contribution in [-0.4, -0.2) is 26.1 Å². The lowest BCUT2D eigenvalue weighted by Crippen LogP contribution is -2.15. The molecule has 0 unspecified atom stereocenters. The highest BCUT2D eigenvalue weighted by atomic mass is 19.4. The molecule has 100 valence electrons. The van der Waals surface area contributed by atoms with Gasteiger partial charge in [0.1, 0.15) is 0 Å². The summed E-state index contributed by atoms with van der Waals surface area (Å²) in [6, 6.07) is 3.04. The number of halogens is 3. The summed E-state index contributed by atoms with van der Waals surface area (Å²) >= 11 is 0. The number of anilines is 1. The molecule has 2 aromatic rings. The second kappa shape index (κ2) is 4.67. The summed E-state index contributed by atoms with van der Waals surface area (Å²) in [6.07, 6.45) is -3.14. The van der Waals surface area contributed by atoms with Gasteiger partial charge in [0.05, 0.1) is 5.56 Å². The van der Waals surface area contributed by atoms with Crippen molar-refractivity contribution in [2.24, 2.45) is 0 Å². The molecule has 2 heterocycles. The second-order valence-electron chi connectivity index (χ2n) is 3.60. The van der Waals surface area contributed by atoms with Crippen LogP contribution in [0.5, 0.6) is 0 Å². The lowest BCUT2D eigenvalue weighted by molar-refractivity contribution is -0.144. The van der Waals surface area contributed by atoms with Gasteiger partial charge in [-0.2, -0.15) is 18.2 Å². The average Bonchev–Trinajstić information content (AvgIpc) is 2.77. The number of pyridine rings is 1. The first-order valence-electron chi connectivity index (χ1n) is 5.10. The number of rotatable bonds is 2. The number of aromatic amines is 1. The van der Waals surface area contributed by atoms with Crippen molar-refractivity contribution < 1.29 is 18.0 Å². The summed E-state index contributed by atoms with van der Waals surface area (Å²) in [6.45, 7) is 1.61. The van der Waals surface area contributed by atoms with Gasteiger partial charge in [-0.3, -0.25) is 20.2 Å². The standard InChI is InChI=1S/C10H8F3N5O/c1-5-6(3-2-4-14-5)7(19)15-9-16-8(17-18-9)10(11,12)13/h2-4H,1H3,(H2,15,16,17,18,19). The number of hydrogen-bond acceptors (Lipinski definition) is 4. The maximum absolute atomic E-state index is 12.3. The molecule has 0 bridgehead atoms. The quantitative estimate of drug-likeness (QED) is 0.872. The fourth-order valence-corrected chi connectivity index (χ4v) is 1.34. The van der Waals surface area contributed by atoms with E-state index in [0.29, 0.717) is 5.69 Å². The molecule has 2 aromatic heterocycles. The number of alkyl halides is 3. The Kier molecular flexibility index (Phi) is 3.19. The lowest BCUT2D eigenvalue weighted by atomic mass is 10.2. The predicted octanol–water partition coefficient (Wildman–Crippen LogP) is 1.78. The van der Waals surface area contributed by atoms with Crippen LogP contribution in [0.25, 0.3) is 0 Å². The molecule has 19 heavy (non-hydrogen) atoms. The highest BCUT2D eigenvalue weighted by Crippen LogP contribution is 2.26. The fraction of sp³-hybridized carbons (Fsp3) is 0.200. The third-order valence-corrected chi connectivity index (χ3v) is 2.23. The topological polar surface area (TPSA) is 83.6 Å². The smallest absolute Gasteiger partial charge is 0.289 e. The SMILES string of the molecule is Cc1ncccc1C(=O)Nc1n[nH]c(C(F)(F)F)n1. The van der Waals surface area contributed by atoms with Crippen LogP contribution in [0.3, 0.4) is 0 Å². The molecule has 9 heteroatoms. The summed E-state index contributed by atoms with van der Waals surface area (Å²) in [5.74, 6) is -2.34. The van der Waals surface area contributed by atoms with E-state index in [1.54, 1.807) is 18.1 Å². The van der Waals surface area contributed by atoms with E-state index < -0.39 is 23.9 Å². The van der Waals surface area contributed by atoms with Crippen LogP contribution in [0.1, 0.15) is 21.9 Å². The molecule has 0 aliphatic rings. The lowest BCUT2D eigenvalue weighted by Gasteiger charge is -2.03. The zero-order valence-electron chi connectivity index (χ0n) is 9.62. The first kappa shape index (κ1) is 13.0.